The highest BCUT2D eigenvalue weighted by Gasteiger charge is 2.37. The van der Waals surface area contributed by atoms with Gasteiger partial charge in [0.1, 0.15) is 12.6 Å². The number of hydrogen-bond acceptors (Lipinski definition) is 3. The molecule has 1 heterocycles. The van der Waals surface area contributed by atoms with E-state index in [1.807, 2.05) is 13.8 Å². The molecular weight excluding hydrogens is 238 g/mol. The van der Waals surface area contributed by atoms with Crippen LogP contribution < -0.4 is 5.32 Å². The molecule has 0 bridgehead atoms. The van der Waals surface area contributed by atoms with Crippen LogP contribution in [0.5, 0.6) is 0 Å². The van der Waals surface area contributed by atoms with Crippen LogP contribution in [0.2, 0.25) is 0 Å². The zero-order valence-corrected chi connectivity index (χ0v) is 10.8. The number of nitrogens with zero attached hydrogens (tertiary/aromatic N) is 2. The van der Waals surface area contributed by atoms with Gasteiger partial charge in [-0.25, -0.2) is 9.59 Å². The van der Waals surface area contributed by atoms with Gasteiger partial charge in [-0.3, -0.25) is 9.69 Å². The van der Waals surface area contributed by atoms with Gasteiger partial charge in [0, 0.05) is 19.6 Å². The van der Waals surface area contributed by atoms with Crippen molar-refractivity contribution in [1.82, 2.24) is 15.1 Å². The first kappa shape index (κ1) is 14.3. The average Bonchev–Trinajstić information content (AvgIpc) is 2.35. The number of amides is 3. The fraction of sp³-hybridized carbons (Fsp3) is 0.727. The first-order chi connectivity index (χ1) is 8.38. The van der Waals surface area contributed by atoms with Crippen molar-refractivity contribution in [3.63, 3.8) is 0 Å². The molecule has 1 rings (SSSR count). The van der Waals surface area contributed by atoms with Gasteiger partial charge in [-0.2, -0.15) is 0 Å². The van der Waals surface area contributed by atoms with E-state index in [9.17, 15) is 14.4 Å². The molecule has 1 aliphatic rings. The van der Waals surface area contributed by atoms with Gasteiger partial charge in [-0.15, -0.1) is 0 Å². The van der Waals surface area contributed by atoms with E-state index in [0.29, 0.717) is 0 Å². The average molecular weight is 257 g/mol. The van der Waals surface area contributed by atoms with Gasteiger partial charge in [0.25, 0.3) is 0 Å². The zero-order valence-electron chi connectivity index (χ0n) is 10.8. The highest BCUT2D eigenvalue weighted by atomic mass is 16.4. The summed E-state index contributed by atoms with van der Waals surface area (Å²) in [7, 11) is 1.61. The first-order valence-electron chi connectivity index (χ1n) is 5.91. The molecule has 0 aromatic rings. The van der Waals surface area contributed by atoms with E-state index in [1.54, 1.807) is 7.05 Å². The van der Waals surface area contributed by atoms with E-state index in [0.717, 1.165) is 11.3 Å². The largest absolute Gasteiger partial charge is 0.480 e. The van der Waals surface area contributed by atoms with Crippen LogP contribution in [0.25, 0.3) is 0 Å². The maximum atomic E-state index is 12.2. The van der Waals surface area contributed by atoms with Crippen LogP contribution in [0.3, 0.4) is 0 Å². The number of urea groups is 1. The van der Waals surface area contributed by atoms with Crippen molar-refractivity contribution >= 4 is 17.9 Å². The molecule has 18 heavy (non-hydrogen) atoms. The fourth-order valence-corrected chi connectivity index (χ4v) is 1.73. The van der Waals surface area contributed by atoms with E-state index in [4.69, 9.17) is 5.11 Å². The molecule has 1 aliphatic heterocycles. The summed E-state index contributed by atoms with van der Waals surface area (Å²) < 4.78 is 0. The van der Waals surface area contributed by atoms with Gasteiger partial charge in [0.05, 0.1) is 0 Å². The van der Waals surface area contributed by atoms with Crippen LogP contribution in [0.1, 0.15) is 20.3 Å². The van der Waals surface area contributed by atoms with Crippen molar-refractivity contribution in [2.45, 2.75) is 32.4 Å². The van der Waals surface area contributed by atoms with Crippen molar-refractivity contribution in [2.24, 2.45) is 0 Å². The Labute approximate surface area is 106 Å². The summed E-state index contributed by atoms with van der Waals surface area (Å²) in [6.45, 7) is 3.55. The second-order valence-electron chi connectivity index (χ2n) is 4.44. The molecule has 3 amide bonds. The fourth-order valence-electron chi connectivity index (χ4n) is 1.73. The normalized spacial score (nSPS) is 21.2. The lowest BCUT2D eigenvalue weighted by molar-refractivity contribution is -0.144. The lowest BCUT2D eigenvalue weighted by atomic mass is 10.2. The Morgan fingerprint density at radius 3 is 2.72 bits per heavy atom. The molecule has 102 valence electrons. The number of aliphatic carboxylic acids is 1. The van der Waals surface area contributed by atoms with Crippen LogP contribution in [0.15, 0.2) is 0 Å². The number of carbonyl (C=O) groups excluding carboxylic acids is 2. The standard InChI is InChI=1S/C11H19N3O4/c1-4-7(2)13(3)11(18)14-6-9(15)12-5-8(14)10(16)17/h7-8H,4-6H2,1-3H3,(H,12,15)(H,16,17). The number of carboxylic acids is 1. The number of carboxylic acid groups (broad SMARTS) is 1. The van der Waals surface area contributed by atoms with Crippen LogP contribution in [0.4, 0.5) is 4.79 Å². The maximum absolute atomic E-state index is 12.2. The summed E-state index contributed by atoms with van der Waals surface area (Å²) >= 11 is 0. The molecular formula is C11H19N3O4. The van der Waals surface area contributed by atoms with E-state index < -0.39 is 18.0 Å². The third-order valence-corrected chi connectivity index (χ3v) is 3.27. The molecule has 1 fully saturated rings. The summed E-state index contributed by atoms with van der Waals surface area (Å²) in [6, 6.07) is -1.43. The number of carbonyl (C=O) groups is 3. The smallest absolute Gasteiger partial charge is 0.328 e. The predicted molar refractivity (Wildman–Crippen MR) is 64.1 cm³/mol. The lowest BCUT2D eigenvalue weighted by Gasteiger charge is -2.37. The van der Waals surface area contributed by atoms with Crippen molar-refractivity contribution in [2.75, 3.05) is 20.1 Å². The number of nitrogens with one attached hydrogen (secondary N) is 1. The lowest BCUT2D eigenvalue weighted by Crippen LogP contribution is -2.62. The highest BCUT2D eigenvalue weighted by Crippen LogP contribution is 2.11. The Bertz CT molecular complexity index is 358. The second kappa shape index (κ2) is 5.70. The van der Waals surface area contributed by atoms with Crippen molar-refractivity contribution in [3.05, 3.63) is 0 Å². The third-order valence-electron chi connectivity index (χ3n) is 3.27. The molecule has 7 nitrogen and oxygen atoms in total. The Hall–Kier alpha value is -1.79. The monoisotopic (exact) mass is 257 g/mol. The van der Waals surface area contributed by atoms with Crippen LogP contribution in [-0.4, -0.2) is 65.0 Å². The van der Waals surface area contributed by atoms with Crippen LogP contribution in [-0.2, 0) is 9.59 Å². The quantitative estimate of drug-likeness (QED) is 0.727. The van der Waals surface area contributed by atoms with Gasteiger partial charge < -0.3 is 15.3 Å². The minimum Gasteiger partial charge on any atom is -0.480 e. The number of rotatable bonds is 3. The second-order valence-corrected chi connectivity index (χ2v) is 4.44. The summed E-state index contributed by atoms with van der Waals surface area (Å²) in [4.78, 5) is 37.1. The molecule has 0 aromatic carbocycles. The Morgan fingerprint density at radius 1 is 1.61 bits per heavy atom. The number of hydrogen-bond donors (Lipinski definition) is 2. The topological polar surface area (TPSA) is 90.0 Å². The SMILES string of the molecule is CCC(C)N(C)C(=O)N1CC(=O)NCC1C(=O)O. The summed E-state index contributed by atoms with van der Waals surface area (Å²) in [5.74, 6) is -1.45. The van der Waals surface area contributed by atoms with Gasteiger partial charge in [0.2, 0.25) is 5.91 Å². The molecule has 2 unspecified atom stereocenters. The molecule has 0 saturated carbocycles. The highest BCUT2D eigenvalue weighted by molar-refractivity contribution is 5.90. The van der Waals surface area contributed by atoms with E-state index in [-0.39, 0.29) is 25.0 Å². The molecule has 7 heteroatoms. The molecule has 0 radical (unpaired) electrons. The molecule has 2 N–H and O–H groups in total. The van der Waals surface area contributed by atoms with E-state index >= 15 is 0 Å². The van der Waals surface area contributed by atoms with Crippen LogP contribution >= 0.6 is 0 Å². The first-order valence-corrected chi connectivity index (χ1v) is 5.91. The van der Waals surface area contributed by atoms with E-state index in [2.05, 4.69) is 5.32 Å². The van der Waals surface area contributed by atoms with Crippen molar-refractivity contribution in [1.29, 1.82) is 0 Å². The van der Waals surface area contributed by atoms with Crippen molar-refractivity contribution in [3.8, 4) is 0 Å². The van der Waals surface area contributed by atoms with Crippen LogP contribution in [0, 0.1) is 0 Å². The maximum Gasteiger partial charge on any atom is 0.328 e. The molecule has 2 atom stereocenters. The molecule has 1 saturated heterocycles. The van der Waals surface area contributed by atoms with E-state index in [1.165, 1.54) is 4.90 Å². The Kier molecular flexibility index (Phi) is 4.52. The Balaban J connectivity index is 2.85. The minimum absolute atomic E-state index is 0.00284. The summed E-state index contributed by atoms with van der Waals surface area (Å²) in [6.07, 6.45) is 0.764. The Morgan fingerprint density at radius 2 is 2.22 bits per heavy atom. The van der Waals surface area contributed by atoms with Gasteiger partial charge in [-0.1, -0.05) is 6.92 Å². The summed E-state index contributed by atoms with van der Waals surface area (Å²) in [5.41, 5.74) is 0. The minimum atomic E-state index is -1.11. The molecule has 0 spiro atoms. The van der Waals surface area contributed by atoms with Gasteiger partial charge >= 0.3 is 12.0 Å². The molecule has 0 aromatic heterocycles. The van der Waals surface area contributed by atoms with Gasteiger partial charge in [0.15, 0.2) is 0 Å². The summed E-state index contributed by atoms with van der Waals surface area (Å²) in [5, 5.41) is 11.5. The zero-order chi connectivity index (χ0) is 13.9. The third kappa shape index (κ3) is 2.91. The van der Waals surface area contributed by atoms with Gasteiger partial charge in [-0.05, 0) is 13.3 Å². The molecule has 0 aliphatic carbocycles. The number of piperazine rings is 1. The van der Waals surface area contributed by atoms with Crippen molar-refractivity contribution < 1.29 is 19.5 Å². The predicted octanol–water partition coefficient (Wildman–Crippen LogP) is -0.278.